The maximum Gasteiger partial charge on any atom is 0.291 e. The molecule has 0 saturated heterocycles. The predicted molar refractivity (Wildman–Crippen MR) is 79.4 cm³/mol. The maximum absolute atomic E-state index is 12.0. The molecule has 0 atom stereocenters. The van der Waals surface area contributed by atoms with E-state index in [-0.39, 0.29) is 5.76 Å². The van der Waals surface area contributed by atoms with Gasteiger partial charge in [0.15, 0.2) is 5.76 Å². The molecule has 0 saturated carbocycles. The molecule has 108 valence electrons. The first-order valence-corrected chi connectivity index (χ1v) is 6.33. The number of carbonyl (C=O) groups is 2. The second-order valence-corrected chi connectivity index (χ2v) is 4.48. The van der Waals surface area contributed by atoms with E-state index in [1.807, 2.05) is 0 Å². The summed E-state index contributed by atoms with van der Waals surface area (Å²) in [4.78, 5) is 24.0. The Kier molecular flexibility index (Phi) is 4.50. The van der Waals surface area contributed by atoms with Crippen LogP contribution in [0.5, 0.6) is 0 Å². The molecule has 1 heterocycles. The quantitative estimate of drug-likeness (QED) is 0.669. The average Bonchev–Trinajstić information content (AvgIpc) is 2.99. The fraction of sp³-hybridized carbons (Fsp3) is 0.133. The van der Waals surface area contributed by atoms with Gasteiger partial charge in [0.25, 0.3) is 11.8 Å². The molecule has 0 radical (unpaired) electrons. The Balaban J connectivity index is 2.19. The molecule has 0 spiro atoms. The minimum absolute atomic E-state index is 0.174. The Labute approximate surface area is 121 Å². The number of hydrogen-bond donors (Lipinski definition) is 2. The van der Waals surface area contributed by atoms with Gasteiger partial charge in [-0.15, -0.1) is 0 Å². The summed E-state index contributed by atoms with van der Waals surface area (Å²) >= 11 is 0. The smallest absolute Gasteiger partial charge is 0.291 e. The third kappa shape index (κ3) is 3.79. The molecule has 0 fully saturated rings. The number of hydrogen-bond acceptors (Lipinski definition) is 4. The van der Waals surface area contributed by atoms with E-state index >= 15 is 0 Å². The number of benzene rings is 1. The summed E-state index contributed by atoms with van der Waals surface area (Å²) in [5, 5.41) is 6.50. The fourth-order valence-corrected chi connectivity index (χ4v) is 1.60. The first kappa shape index (κ1) is 14.5. The Morgan fingerprint density at radius 1 is 1.05 bits per heavy atom. The molecule has 2 aromatic rings. The van der Waals surface area contributed by atoms with Gasteiger partial charge in [-0.1, -0.05) is 12.1 Å². The number of nitrogens with zero attached hydrogens (tertiary/aromatic N) is 1. The molecule has 0 unspecified atom stereocenters. The largest absolute Gasteiger partial charge is 0.459 e. The first-order chi connectivity index (χ1) is 10.1. The molecule has 2 amide bonds. The van der Waals surface area contributed by atoms with E-state index in [4.69, 9.17) is 4.42 Å². The molecule has 1 aromatic heterocycles. The molecule has 0 bridgehead atoms. The average molecular weight is 285 g/mol. The van der Waals surface area contributed by atoms with Crippen molar-refractivity contribution < 1.29 is 14.0 Å². The summed E-state index contributed by atoms with van der Waals surface area (Å²) in [5.41, 5.74) is 3.85. The van der Waals surface area contributed by atoms with Crippen molar-refractivity contribution in [2.45, 2.75) is 13.8 Å². The Morgan fingerprint density at radius 3 is 2.48 bits per heavy atom. The maximum atomic E-state index is 12.0. The van der Waals surface area contributed by atoms with E-state index < -0.39 is 11.8 Å². The van der Waals surface area contributed by atoms with Crippen LogP contribution in [0.2, 0.25) is 0 Å². The number of nitrogens with one attached hydrogen (secondary N) is 2. The van der Waals surface area contributed by atoms with Crippen LogP contribution in [-0.4, -0.2) is 17.5 Å². The Hall–Kier alpha value is -2.89. The van der Waals surface area contributed by atoms with Crippen LogP contribution in [0.15, 0.2) is 52.2 Å². The van der Waals surface area contributed by atoms with Gasteiger partial charge in [0.2, 0.25) is 0 Å². The van der Waals surface area contributed by atoms with E-state index in [0.29, 0.717) is 11.3 Å². The predicted octanol–water partition coefficient (Wildman–Crippen LogP) is 2.66. The topological polar surface area (TPSA) is 83.7 Å². The van der Waals surface area contributed by atoms with Gasteiger partial charge >= 0.3 is 0 Å². The van der Waals surface area contributed by atoms with Crippen LogP contribution in [-0.2, 0) is 0 Å². The SMILES string of the molecule is CC(C)=NNC(=O)c1ccccc1NC(=O)c1ccco1. The highest BCUT2D eigenvalue weighted by Gasteiger charge is 2.14. The fourth-order valence-electron chi connectivity index (χ4n) is 1.60. The van der Waals surface area contributed by atoms with Crippen LogP contribution in [0.4, 0.5) is 5.69 Å². The number of furan rings is 1. The summed E-state index contributed by atoms with van der Waals surface area (Å²) < 4.78 is 5.01. The molecule has 0 aliphatic heterocycles. The van der Waals surface area contributed by atoms with E-state index in [1.165, 1.54) is 6.26 Å². The standard InChI is InChI=1S/C15H15N3O3/c1-10(2)17-18-14(19)11-6-3-4-7-12(11)16-15(20)13-8-5-9-21-13/h3-9H,1-2H3,(H,16,20)(H,18,19). The molecule has 21 heavy (non-hydrogen) atoms. The minimum Gasteiger partial charge on any atom is -0.459 e. The number of amides is 2. The molecule has 0 aliphatic rings. The summed E-state index contributed by atoms with van der Waals surface area (Å²) in [6.07, 6.45) is 1.41. The summed E-state index contributed by atoms with van der Waals surface area (Å²) in [6.45, 7) is 3.54. The van der Waals surface area contributed by atoms with Crippen molar-refractivity contribution >= 4 is 23.2 Å². The number of hydrazone groups is 1. The van der Waals surface area contributed by atoms with Crippen molar-refractivity contribution in [2.24, 2.45) is 5.10 Å². The van der Waals surface area contributed by atoms with Gasteiger partial charge in [0.05, 0.1) is 17.5 Å². The van der Waals surface area contributed by atoms with Gasteiger partial charge in [-0.3, -0.25) is 9.59 Å². The van der Waals surface area contributed by atoms with Crippen LogP contribution in [0.25, 0.3) is 0 Å². The zero-order valence-corrected chi connectivity index (χ0v) is 11.7. The third-order valence-corrected chi connectivity index (χ3v) is 2.55. The Morgan fingerprint density at radius 2 is 1.81 bits per heavy atom. The lowest BCUT2D eigenvalue weighted by atomic mass is 10.1. The number of anilines is 1. The van der Waals surface area contributed by atoms with Crippen molar-refractivity contribution in [2.75, 3.05) is 5.32 Å². The van der Waals surface area contributed by atoms with E-state index in [0.717, 1.165) is 5.71 Å². The summed E-state index contributed by atoms with van der Waals surface area (Å²) in [5.74, 6) is -0.644. The molecule has 2 N–H and O–H groups in total. The van der Waals surface area contributed by atoms with Crippen molar-refractivity contribution in [1.82, 2.24) is 5.43 Å². The number of rotatable bonds is 4. The molecule has 6 nitrogen and oxygen atoms in total. The molecule has 2 rings (SSSR count). The zero-order valence-electron chi connectivity index (χ0n) is 11.7. The van der Waals surface area contributed by atoms with Gasteiger partial charge in [0.1, 0.15) is 0 Å². The van der Waals surface area contributed by atoms with Crippen molar-refractivity contribution in [1.29, 1.82) is 0 Å². The highest BCUT2D eigenvalue weighted by molar-refractivity contribution is 6.07. The molecular formula is C15H15N3O3. The summed E-state index contributed by atoms with van der Waals surface area (Å²) in [6, 6.07) is 9.84. The summed E-state index contributed by atoms with van der Waals surface area (Å²) in [7, 11) is 0. The molecule has 0 aliphatic carbocycles. The molecular weight excluding hydrogens is 270 g/mol. The van der Waals surface area contributed by atoms with Gasteiger partial charge in [-0.05, 0) is 38.1 Å². The van der Waals surface area contributed by atoms with Crippen molar-refractivity contribution in [3.63, 3.8) is 0 Å². The second-order valence-electron chi connectivity index (χ2n) is 4.48. The van der Waals surface area contributed by atoms with Gasteiger partial charge in [-0.2, -0.15) is 5.10 Å². The highest BCUT2D eigenvalue weighted by Crippen LogP contribution is 2.16. The van der Waals surface area contributed by atoms with E-state index in [1.54, 1.807) is 50.2 Å². The zero-order chi connectivity index (χ0) is 15.2. The number of para-hydroxylation sites is 1. The van der Waals surface area contributed by atoms with E-state index in [2.05, 4.69) is 15.8 Å². The number of carbonyl (C=O) groups excluding carboxylic acids is 2. The lowest BCUT2D eigenvalue weighted by Gasteiger charge is -2.09. The van der Waals surface area contributed by atoms with Crippen LogP contribution < -0.4 is 10.7 Å². The van der Waals surface area contributed by atoms with Gasteiger partial charge < -0.3 is 9.73 Å². The van der Waals surface area contributed by atoms with Crippen LogP contribution in [0.1, 0.15) is 34.8 Å². The highest BCUT2D eigenvalue weighted by atomic mass is 16.3. The minimum atomic E-state index is -0.421. The van der Waals surface area contributed by atoms with E-state index in [9.17, 15) is 9.59 Å². The lowest BCUT2D eigenvalue weighted by Crippen LogP contribution is -2.21. The third-order valence-electron chi connectivity index (χ3n) is 2.55. The molecule has 1 aromatic carbocycles. The monoisotopic (exact) mass is 285 g/mol. The second kappa shape index (κ2) is 6.51. The van der Waals surface area contributed by atoms with Crippen LogP contribution >= 0.6 is 0 Å². The van der Waals surface area contributed by atoms with Crippen molar-refractivity contribution in [3.05, 3.63) is 54.0 Å². The Bertz CT molecular complexity index is 671. The van der Waals surface area contributed by atoms with Gasteiger partial charge in [0, 0.05) is 5.71 Å². The molecule has 6 heteroatoms. The lowest BCUT2D eigenvalue weighted by molar-refractivity contribution is 0.0955. The normalized spacial score (nSPS) is 9.81. The first-order valence-electron chi connectivity index (χ1n) is 6.33. The van der Waals surface area contributed by atoms with Crippen LogP contribution in [0, 0.1) is 0 Å². The van der Waals surface area contributed by atoms with Crippen molar-refractivity contribution in [3.8, 4) is 0 Å². The van der Waals surface area contributed by atoms with Crippen LogP contribution in [0.3, 0.4) is 0 Å². The van der Waals surface area contributed by atoms with Gasteiger partial charge in [-0.25, -0.2) is 5.43 Å².